The Balaban J connectivity index is 1.74. The zero-order valence-corrected chi connectivity index (χ0v) is 15.1. The average molecular weight is 327 g/mol. The van der Waals surface area contributed by atoms with Gasteiger partial charge in [0, 0.05) is 36.2 Å². The predicted molar refractivity (Wildman–Crippen MR) is 94.8 cm³/mol. The van der Waals surface area contributed by atoms with Gasteiger partial charge in [0.15, 0.2) is 5.96 Å². The van der Waals surface area contributed by atoms with E-state index in [9.17, 15) is 0 Å². The third-order valence-electron chi connectivity index (χ3n) is 3.80. The first-order valence-electron chi connectivity index (χ1n) is 7.54. The van der Waals surface area contributed by atoms with E-state index in [0.29, 0.717) is 4.75 Å². The molecule has 1 aliphatic heterocycles. The van der Waals surface area contributed by atoms with Crippen LogP contribution in [-0.4, -0.2) is 41.6 Å². The highest BCUT2D eigenvalue weighted by Crippen LogP contribution is 2.36. The molecule has 1 atom stereocenters. The van der Waals surface area contributed by atoms with Crippen LogP contribution in [0.5, 0.6) is 0 Å². The lowest BCUT2D eigenvalue weighted by Gasteiger charge is -2.24. The van der Waals surface area contributed by atoms with Crippen LogP contribution in [-0.2, 0) is 6.42 Å². The van der Waals surface area contributed by atoms with Crippen LogP contribution in [0.3, 0.4) is 0 Å². The molecule has 1 aromatic rings. The highest BCUT2D eigenvalue weighted by atomic mass is 32.2. The number of hydrogen-bond acceptors (Lipinski definition) is 4. The van der Waals surface area contributed by atoms with Crippen LogP contribution in [0.1, 0.15) is 35.3 Å². The lowest BCUT2D eigenvalue weighted by atomic mass is 10.1. The second-order valence-electron chi connectivity index (χ2n) is 5.75. The van der Waals surface area contributed by atoms with Gasteiger partial charge in [-0.15, -0.1) is 11.3 Å². The molecule has 0 amide bonds. The fraction of sp³-hybridized carbons (Fsp3) is 0.733. The molecule has 4 nitrogen and oxygen atoms in total. The standard InChI is InChI=1S/C15H26N4S2/c1-11-13(21-12(2)19-11)6-8-17-14(16-4)18-10-15(3)7-5-9-20-15/h5-10H2,1-4H3,(H2,16,17,18). The molecule has 2 rings (SSSR count). The van der Waals surface area contributed by atoms with E-state index in [4.69, 9.17) is 0 Å². The lowest BCUT2D eigenvalue weighted by molar-refractivity contribution is 0.584. The van der Waals surface area contributed by atoms with Crippen molar-refractivity contribution < 1.29 is 0 Å². The number of nitrogens with zero attached hydrogens (tertiary/aromatic N) is 2. The number of guanidine groups is 1. The number of hydrogen-bond donors (Lipinski definition) is 2. The number of nitrogens with one attached hydrogen (secondary N) is 2. The quantitative estimate of drug-likeness (QED) is 0.645. The summed E-state index contributed by atoms with van der Waals surface area (Å²) < 4.78 is 0.364. The van der Waals surface area contributed by atoms with E-state index in [2.05, 4.69) is 53.1 Å². The fourth-order valence-electron chi connectivity index (χ4n) is 2.57. The van der Waals surface area contributed by atoms with Crippen molar-refractivity contribution in [2.75, 3.05) is 25.9 Å². The number of rotatable bonds is 5. The van der Waals surface area contributed by atoms with Crippen LogP contribution in [0.25, 0.3) is 0 Å². The van der Waals surface area contributed by atoms with Gasteiger partial charge in [-0.3, -0.25) is 4.99 Å². The highest BCUT2D eigenvalue weighted by molar-refractivity contribution is 8.00. The number of thiazole rings is 1. The Bertz CT molecular complexity index is 490. The van der Waals surface area contributed by atoms with Crippen molar-refractivity contribution in [3.8, 4) is 0 Å². The molecule has 0 saturated carbocycles. The van der Waals surface area contributed by atoms with E-state index in [1.54, 1.807) is 11.3 Å². The van der Waals surface area contributed by atoms with Gasteiger partial charge < -0.3 is 10.6 Å². The SMILES string of the molecule is CN=C(NCCc1sc(C)nc1C)NCC1(C)CCCS1. The monoisotopic (exact) mass is 326 g/mol. The van der Waals surface area contributed by atoms with Gasteiger partial charge >= 0.3 is 0 Å². The van der Waals surface area contributed by atoms with Gasteiger partial charge in [-0.25, -0.2) is 4.98 Å². The molecular formula is C15H26N4S2. The molecule has 0 spiro atoms. The van der Waals surface area contributed by atoms with Crippen LogP contribution in [0.4, 0.5) is 0 Å². The molecule has 0 aliphatic carbocycles. The molecule has 0 radical (unpaired) electrons. The molecule has 1 aromatic heterocycles. The third kappa shape index (κ3) is 4.88. The van der Waals surface area contributed by atoms with Crippen molar-refractivity contribution in [3.63, 3.8) is 0 Å². The normalized spacial score (nSPS) is 22.6. The minimum Gasteiger partial charge on any atom is -0.356 e. The minimum atomic E-state index is 0.364. The molecule has 118 valence electrons. The van der Waals surface area contributed by atoms with E-state index in [1.807, 2.05) is 7.05 Å². The van der Waals surface area contributed by atoms with Crippen molar-refractivity contribution in [1.29, 1.82) is 0 Å². The van der Waals surface area contributed by atoms with E-state index in [0.717, 1.165) is 36.2 Å². The highest BCUT2D eigenvalue weighted by Gasteiger charge is 2.29. The molecule has 21 heavy (non-hydrogen) atoms. The smallest absolute Gasteiger partial charge is 0.191 e. The van der Waals surface area contributed by atoms with E-state index >= 15 is 0 Å². The van der Waals surface area contributed by atoms with Gasteiger partial charge in [-0.1, -0.05) is 0 Å². The largest absolute Gasteiger partial charge is 0.356 e. The number of aliphatic imine (C=N–C) groups is 1. The summed E-state index contributed by atoms with van der Waals surface area (Å²) in [6, 6.07) is 0. The maximum atomic E-state index is 4.47. The summed E-state index contributed by atoms with van der Waals surface area (Å²) in [6.07, 6.45) is 3.63. The molecule has 1 aliphatic rings. The summed E-state index contributed by atoms with van der Waals surface area (Å²) in [7, 11) is 1.83. The molecule has 6 heteroatoms. The van der Waals surface area contributed by atoms with E-state index in [-0.39, 0.29) is 0 Å². The van der Waals surface area contributed by atoms with E-state index in [1.165, 1.54) is 23.5 Å². The lowest BCUT2D eigenvalue weighted by Crippen LogP contribution is -2.44. The Morgan fingerprint density at radius 2 is 2.19 bits per heavy atom. The predicted octanol–water partition coefficient (Wildman–Crippen LogP) is 2.75. The van der Waals surface area contributed by atoms with Crippen LogP contribution >= 0.6 is 23.1 Å². The molecule has 1 unspecified atom stereocenters. The second-order valence-corrected chi connectivity index (χ2v) is 8.72. The third-order valence-corrected chi connectivity index (χ3v) is 6.47. The average Bonchev–Trinajstić information content (AvgIpc) is 3.00. The second kappa shape index (κ2) is 7.49. The molecule has 2 N–H and O–H groups in total. The summed E-state index contributed by atoms with van der Waals surface area (Å²) in [6.45, 7) is 8.37. The first kappa shape index (κ1) is 16.6. The zero-order chi connectivity index (χ0) is 15.3. The van der Waals surface area contributed by atoms with Gasteiger partial charge in [0.25, 0.3) is 0 Å². The summed E-state index contributed by atoms with van der Waals surface area (Å²) in [4.78, 5) is 10.1. The van der Waals surface area contributed by atoms with Crippen molar-refractivity contribution in [2.24, 2.45) is 4.99 Å². The Labute approximate surface area is 136 Å². The summed E-state index contributed by atoms with van der Waals surface area (Å²) in [5.74, 6) is 2.19. The van der Waals surface area contributed by atoms with Crippen molar-refractivity contribution in [2.45, 2.75) is 44.8 Å². The van der Waals surface area contributed by atoms with Gasteiger partial charge in [0.05, 0.1) is 10.7 Å². The van der Waals surface area contributed by atoms with Crippen molar-refractivity contribution >= 4 is 29.1 Å². The summed E-state index contributed by atoms with van der Waals surface area (Å²) >= 11 is 3.86. The number of aromatic nitrogens is 1. The molecule has 1 saturated heterocycles. The Kier molecular flexibility index (Phi) is 5.93. The van der Waals surface area contributed by atoms with Gasteiger partial charge in [0.1, 0.15) is 0 Å². The summed E-state index contributed by atoms with van der Waals surface area (Å²) in [5.41, 5.74) is 1.16. The summed E-state index contributed by atoms with van der Waals surface area (Å²) in [5, 5.41) is 8.02. The van der Waals surface area contributed by atoms with Gasteiger partial charge in [-0.2, -0.15) is 11.8 Å². The Morgan fingerprint density at radius 1 is 1.38 bits per heavy atom. The maximum Gasteiger partial charge on any atom is 0.191 e. The first-order chi connectivity index (χ1) is 10.0. The maximum absolute atomic E-state index is 4.47. The molecule has 0 bridgehead atoms. The van der Waals surface area contributed by atoms with Crippen LogP contribution in [0.15, 0.2) is 4.99 Å². The fourth-order valence-corrected chi connectivity index (χ4v) is 4.75. The Hall–Kier alpha value is -0.750. The van der Waals surface area contributed by atoms with Gasteiger partial charge in [0.2, 0.25) is 0 Å². The topological polar surface area (TPSA) is 49.3 Å². The van der Waals surface area contributed by atoms with Crippen LogP contribution < -0.4 is 10.6 Å². The zero-order valence-electron chi connectivity index (χ0n) is 13.5. The van der Waals surface area contributed by atoms with E-state index < -0.39 is 0 Å². The van der Waals surface area contributed by atoms with Crippen molar-refractivity contribution in [3.05, 3.63) is 15.6 Å². The van der Waals surface area contributed by atoms with Crippen LogP contribution in [0.2, 0.25) is 0 Å². The molecular weight excluding hydrogens is 300 g/mol. The van der Waals surface area contributed by atoms with Crippen LogP contribution in [0, 0.1) is 13.8 Å². The Morgan fingerprint density at radius 3 is 2.76 bits per heavy atom. The van der Waals surface area contributed by atoms with Crippen molar-refractivity contribution in [1.82, 2.24) is 15.6 Å². The molecule has 0 aromatic carbocycles. The van der Waals surface area contributed by atoms with Gasteiger partial charge in [-0.05, 0) is 39.4 Å². The number of thioether (sulfide) groups is 1. The minimum absolute atomic E-state index is 0.364. The molecule has 1 fully saturated rings. The first-order valence-corrected chi connectivity index (χ1v) is 9.34. The molecule has 2 heterocycles. The number of aryl methyl sites for hydroxylation is 2.